The summed E-state index contributed by atoms with van der Waals surface area (Å²) in [6.07, 6.45) is 11.4. The zero-order chi connectivity index (χ0) is 34.0. The van der Waals surface area contributed by atoms with Gasteiger partial charge >= 0.3 is 5.97 Å². The lowest BCUT2D eigenvalue weighted by atomic mass is 9.92. The van der Waals surface area contributed by atoms with Gasteiger partial charge in [0, 0.05) is 40.7 Å². The zero-order valence-corrected chi connectivity index (χ0v) is 29.0. The minimum absolute atomic E-state index is 0.0193. The molecule has 2 aromatic carbocycles. The molecule has 0 saturated heterocycles. The van der Waals surface area contributed by atoms with Crippen LogP contribution in [0.25, 0.3) is 22.5 Å². The summed E-state index contributed by atoms with van der Waals surface area (Å²) in [6.45, 7) is 9.93. The Morgan fingerprint density at radius 2 is 1.43 bits per heavy atom. The minimum Gasteiger partial charge on any atom is -0.480 e. The van der Waals surface area contributed by atoms with E-state index in [9.17, 15) is 19.5 Å². The van der Waals surface area contributed by atoms with E-state index < -0.39 is 23.8 Å². The number of benzene rings is 2. The second-order valence-corrected chi connectivity index (χ2v) is 14.4. The van der Waals surface area contributed by atoms with Gasteiger partial charge in [0.15, 0.2) is 11.6 Å². The van der Waals surface area contributed by atoms with E-state index in [2.05, 4.69) is 67.2 Å². The number of hydrogen-bond donors (Lipinski definition) is 2. The fraction of sp³-hybridized carbons (Fsp3) is 0.410. The lowest BCUT2D eigenvalue weighted by Crippen LogP contribution is -2.42. The number of carboxylic acids is 1. The highest BCUT2D eigenvalue weighted by Crippen LogP contribution is 2.31. The number of unbranched alkanes of at least 4 members (excludes halogenated alkanes) is 4. The Hall–Kier alpha value is -4.17. The van der Waals surface area contributed by atoms with Gasteiger partial charge in [-0.25, -0.2) is 9.97 Å². The van der Waals surface area contributed by atoms with Crippen LogP contribution in [0, 0.1) is 5.92 Å². The van der Waals surface area contributed by atoms with Crippen LogP contribution < -0.4 is 5.32 Å². The SMILES string of the molecule is CCCCCCCc1ccc(-c2cnc(-c3ccc(C[C@H](CC(=O)c4ccc(C(C)(C)C)s4)C(=O)N[C@H](C)C(=O)O)cc3)nc2)cc1. The van der Waals surface area contributed by atoms with Gasteiger partial charge in [-0.15, -0.1) is 11.3 Å². The second kappa shape index (κ2) is 16.6. The first kappa shape index (κ1) is 35.7. The predicted molar refractivity (Wildman–Crippen MR) is 190 cm³/mol. The van der Waals surface area contributed by atoms with Crippen molar-refractivity contribution in [3.8, 4) is 22.5 Å². The molecule has 2 heterocycles. The summed E-state index contributed by atoms with van der Waals surface area (Å²) in [5, 5.41) is 11.9. The molecule has 4 rings (SSSR count). The van der Waals surface area contributed by atoms with Gasteiger partial charge in [-0.1, -0.05) is 102 Å². The van der Waals surface area contributed by atoms with Gasteiger partial charge < -0.3 is 10.4 Å². The number of thiophene rings is 1. The van der Waals surface area contributed by atoms with Crippen molar-refractivity contribution in [2.24, 2.45) is 5.92 Å². The van der Waals surface area contributed by atoms with Crippen LogP contribution in [0.1, 0.15) is 98.8 Å². The number of ketones is 1. The number of rotatable bonds is 16. The van der Waals surface area contributed by atoms with E-state index in [0.717, 1.165) is 33.6 Å². The van der Waals surface area contributed by atoms with Gasteiger partial charge in [0.1, 0.15) is 6.04 Å². The Labute approximate surface area is 282 Å². The van der Waals surface area contributed by atoms with Crippen molar-refractivity contribution in [2.45, 2.75) is 97.4 Å². The monoisotopic (exact) mass is 653 g/mol. The van der Waals surface area contributed by atoms with Crippen LogP contribution in [0.4, 0.5) is 0 Å². The topological polar surface area (TPSA) is 109 Å². The molecular formula is C39H47N3O4S. The Morgan fingerprint density at radius 1 is 0.809 bits per heavy atom. The van der Waals surface area contributed by atoms with Crippen LogP contribution in [0.15, 0.2) is 73.1 Å². The normalized spacial score (nSPS) is 12.8. The predicted octanol–water partition coefficient (Wildman–Crippen LogP) is 8.70. The van der Waals surface area contributed by atoms with Gasteiger partial charge in [-0.3, -0.25) is 14.4 Å². The molecule has 0 spiro atoms. The van der Waals surface area contributed by atoms with Crippen molar-refractivity contribution in [3.63, 3.8) is 0 Å². The third-order valence-electron chi connectivity index (χ3n) is 8.35. The number of aryl methyl sites for hydroxylation is 1. The van der Waals surface area contributed by atoms with Crippen molar-refractivity contribution in [1.29, 1.82) is 0 Å². The van der Waals surface area contributed by atoms with E-state index in [1.54, 1.807) is 0 Å². The number of carbonyl (C=O) groups excluding carboxylic acids is 2. The molecule has 8 heteroatoms. The molecule has 0 aliphatic carbocycles. The standard InChI is InChI=1S/C39H47N3O4S/c1-6-7-8-9-10-11-27-12-16-29(17-13-27)32-24-40-36(41-25-32)30-18-14-28(15-19-30)22-31(37(44)42-26(2)38(45)46)23-33(43)34-20-21-35(47-34)39(3,4)5/h12-21,24-26,31H,6-11,22-23H2,1-5H3,(H,42,44)(H,45,46)/t26-,31-/m1/s1. The number of Topliss-reactive ketones (excluding diaryl/α,β-unsaturated/α-hetero) is 1. The average Bonchev–Trinajstić information content (AvgIpc) is 3.57. The summed E-state index contributed by atoms with van der Waals surface area (Å²) < 4.78 is 0. The summed E-state index contributed by atoms with van der Waals surface area (Å²) in [7, 11) is 0. The number of nitrogens with one attached hydrogen (secondary N) is 1. The third-order valence-corrected chi connectivity index (χ3v) is 9.91. The molecule has 0 radical (unpaired) electrons. The van der Waals surface area contributed by atoms with Crippen molar-refractivity contribution >= 4 is 29.0 Å². The molecule has 2 atom stereocenters. The molecule has 0 saturated carbocycles. The maximum Gasteiger partial charge on any atom is 0.325 e. The fourth-order valence-corrected chi connectivity index (χ4v) is 6.38. The van der Waals surface area contributed by atoms with Crippen LogP contribution in [0.2, 0.25) is 0 Å². The molecule has 47 heavy (non-hydrogen) atoms. The minimum atomic E-state index is -1.13. The van der Waals surface area contributed by atoms with E-state index in [1.165, 1.54) is 55.9 Å². The van der Waals surface area contributed by atoms with Crippen LogP contribution in [-0.2, 0) is 27.8 Å². The van der Waals surface area contributed by atoms with Gasteiger partial charge in [-0.05, 0) is 60.4 Å². The van der Waals surface area contributed by atoms with E-state index >= 15 is 0 Å². The first-order chi connectivity index (χ1) is 22.4. The van der Waals surface area contributed by atoms with Crippen LogP contribution in [0.3, 0.4) is 0 Å². The number of aromatic nitrogens is 2. The maximum atomic E-state index is 13.3. The van der Waals surface area contributed by atoms with Gasteiger partial charge in [0.05, 0.1) is 4.88 Å². The first-order valence-electron chi connectivity index (χ1n) is 16.6. The van der Waals surface area contributed by atoms with Crippen molar-refractivity contribution in [1.82, 2.24) is 15.3 Å². The lowest BCUT2D eigenvalue weighted by Gasteiger charge is -2.18. The molecule has 2 aromatic heterocycles. The molecule has 1 amide bonds. The van der Waals surface area contributed by atoms with Crippen LogP contribution in [0.5, 0.6) is 0 Å². The van der Waals surface area contributed by atoms with Gasteiger partial charge in [0.2, 0.25) is 5.91 Å². The Kier molecular flexibility index (Phi) is 12.6. The Bertz CT molecular complexity index is 1620. The average molecular weight is 654 g/mol. The molecule has 0 bridgehead atoms. The highest BCUT2D eigenvalue weighted by Gasteiger charge is 2.27. The molecule has 0 aliphatic heterocycles. The van der Waals surface area contributed by atoms with Crippen molar-refractivity contribution in [2.75, 3.05) is 0 Å². The molecule has 248 valence electrons. The lowest BCUT2D eigenvalue weighted by molar-refractivity contribution is -0.141. The Balaban J connectivity index is 1.42. The van der Waals surface area contributed by atoms with Gasteiger partial charge in [-0.2, -0.15) is 0 Å². The molecule has 2 N–H and O–H groups in total. The summed E-state index contributed by atoms with van der Waals surface area (Å²) in [6, 6.07) is 19.0. The quantitative estimate of drug-likeness (QED) is 0.0925. The largest absolute Gasteiger partial charge is 0.480 e. The maximum absolute atomic E-state index is 13.3. The van der Waals surface area contributed by atoms with Crippen molar-refractivity contribution in [3.05, 3.63) is 93.9 Å². The fourth-order valence-electron chi connectivity index (χ4n) is 5.36. The number of nitrogens with zero attached hydrogens (tertiary/aromatic N) is 2. The molecule has 4 aromatic rings. The van der Waals surface area contributed by atoms with Crippen LogP contribution >= 0.6 is 11.3 Å². The van der Waals surface area contributed by atoms with E-state index in [0.29, 0.717) is 10.7 Å². The molecule has 0 aliphatic rings. The van der Waals surface area contributed by atoms with Crippen molar-refractivity contribution < 1.29 is 19.5 Å². The van der Waals surface area contributed by atoms with E-state index in [1.807, 2.05) is 48.8 Å². The third kappa shape index (κ3) is 10.4. The highest BCUT2D eigenvalue weighted by molar-refractivity contribution is 7.14. The number of carbonyl (C=O) groups is 3. The molecule has 0 fully saturated rings. The number of hydrogen-bond acceptors (Lipinski definition) is 6. The second-order valence-electron chi connectivity index (χ2n) is 13.4. The smallest absolute Gasteiger partial charge is 0.325 e. The number of amides is 1. The Morgan fingerprint density at radius 3 is 2.02 bits per heavy atom. The summed E-state index contributed by atoms with van der Waals surface area (Å²) in [4.78, 5) is 48.8. The molecule has 0 unspecified atom stereocenters. The van der Waals surface area contributed by atoms with E-state index in [-0.39, 0.29) is 24.0 Å². The number of aliphatic carboxylic acids is 1. The van der Waals surface area contributed by atoms with E-state index in [4.69, 9.17) is 0 Å². The molecule has 7 nitrogen and oxygen atoms in total. The number of carboxylic acid groups (broad SMARTS) is 1. The van der Waals surface area contributed by atoms with Gasteiger partial charge in [0.25, 0.3) is 0 Å². The first-order valence-corrected chi connectivity index (χ1v) is 17.4. The highest BCUT2D eigenvalue weighted by atomic mass is 32.1. The molecular weight excluding hydrogens is 607 g/mol. The summed E-state index contributed by atoms with van der Waals surface area (Å²) >= 11 is 1.44. The summed E-state index contributed by atoms with van der Waals surface area (Å²) in [5.74, 6) is -1.84. The zero-order valence-electron chi connectivity index (χ0n) is 28.2. The van der Waals surface area contributed by atoms with Crippen LogP contribution in [-0.4, -0.2) is 38.8 Å². The summed E-state index contributed by atoms with van der Waals surface area (Å²) in [5.41, 5.74) is 4.99.